The Morgan fingerprint density at radius 1 is 1.50 bits per heavy atom. The van der Waals surface area contributed by atoms with E-state index in [1.165, 1.54) is 6.42 Å². The topological polar surface area (TPSA) is 56.5 Å². The van der Waals surface area contributed by atoms with Gasteiger partial charge in [-0.25, -0.2) is 9.50 Å². The Morgan fingerprint density at radius 3 is 3.22 bits per heavy atom. The summed E-state index contributed by atoms with van der Waals surface area (Å²) in [5.41, 5.74) is 1.33. The molecule has 5 heteroatoms. The lowest BCUT2D eigenvalue weighted by Gasteiger charge is -2.20. The van der Waals surface area contributed by atoms with Crippen molar-refractivity contribution in [3.8, 4) is 0 Å². The average molecular weight is 245 g/mol. The summed E-state index contributed by atoms with van der Waals surface area (Å²) in [5.74, 6) is 0.782. The molecule has 1 unspecified atom stereocenters. The summed E-state index contributed by atoms with van der Waals surface area (Å²) in [7, 11) is 0. The molecule has 1 aliphatic rings. The molecule has 0 spiro atoms. The van der Waals surface area contributed by atoms with E-state index in [0.29, 0.717) is 11.2 Å². The molecule has 0 bridgehead atoms. The minimum Gasteiger partial charge on any atom is -0.378 e. The molecule has 3 rings (SSSR count). The Bertz CT molecular complexity index is 558. The van der Waals surface area contributed by atoms with E-state index in [2.05, 4.69) is 10.1 Å². The number of aromatic nitrogens is 3. The molecule has 1 fully saturated rings. The van der Waals surface area contributed by atoms with Gasteiger partial charge in [-0.3, -0.25) is 4.79 Å². The van der Waals surface area contributed by atoms with Crippen LogP contribution in [-0.2, 0) is 11.2 Å². The highest BCUT2D eigenvalue weighted by molar-refractivity contribution is 5.76. The van der Waals surface area contributed by atoms with Crippen LogP contribution in [0.3, 0.4) is 0 Å². The van der Waals surface area contributed by atoms with Gasteiger partial charge in [-0.1, -0.05) is 0 Å². The van der Waals surface area contributed by atoms with Gasteiger partial charge in [-0.15, -0.1) is 0 Å². The minimum atomic E-state index is 0.238. The van der Waals surface area contributed by atoms with Crippen LogP contribution in [0.15, 0.2) is 18.3 Å². The van der Waals surface area contributed by atoms with Crippen LogP contribution in [-0.4, -0.2) is 33.6 Å². The second-order valence-corrected chi connectivity index (χ2v) is 4.60. The molecule has 0 saturated carbocycles. The van der Waals surface area contributed by atoms with Crippen LogP contribution >= 0.6 is 0 Å². The van der Waals surface area contributed by atoms with E-state index in [1.807, 2.05) is 0 Å². The van der Waals surface area contributed by atoms with Gasteiger partial charge in [0.2, 0.25) is 0 Å². The number of pyridine rings is 1. The molecule has 2 aromatic heterocycles. The van der Waals surface area contributed by atoms with Gasteiger partial charge in [0.15, 0.2) is 11.5 Å². The summed E-state index contributed by atoms with van der Waals surface area (Å²) in [6, 6.07) is 3.47. The highest BCUT2D eigenvalue weighted by Gasteiger charge is 2.17. The van der Waals surface area contributed by atoms with Gasteiger partial charge in [-0.05, 0) is 31.4 Å². The summed E-state index contributed by atoms with van der Waals surface area (Å²) >= 11 is 0. The fourth-order valence-electron chi connectivity index (χ4n) is 2.28. The van der Waals surface area contributed by atoms with Gasteiger partial charge in [-0.2, -0.15) is 5.10 Å². The molecule has 0 amide bonds. The van der Waals surface area contributed by atoms with E-state index in [0.717, 1.165) is 38.0 Å². The highest BCUT2D eigenvalue weighted by atomic mass is 16.5. The van der Waals surface area contributed by atoms with Crippen molar-refractivity contribution in [2.45, 2.75) is 31.8 Å². The second-order valence-electron chi connectivity index (χ2n) is 4.60. The van der Waals surface area contributed by atoms with Crippen LogP contribution in [0, 0.1) is 0 Å². The van der Waals surface area contributed by atoms with E-state index < -0.39 is 0 Å². The number of aldehydes is 1. The van der Waals surface area contributed by atoms with Gasteiger partial charge >= 0.3 is 0 Å². The molecular weight excluding hydrogens is 230 g/mol. The van der Waals surface area contributed by atoms with Gasteiger partial charge in [0, 0.05) is 24.8 Å². The molecule has 0 aliphatic carbocycles. The zero-order valence-electron chi connectivity index (χ0n) is 10.1. The molecule has 94 valence electrons. The Kier molecular flexibility index (Phi) is 3.06. The lowest BCUT2D eigenvalue weighted by molar-refractivity contribution is 0.0157. The summed E-state index contributed by atoms with van der Waals surface area (Å²) < 4.78 is 7.38. The predicted octanol–water partition coefficient (Wildman–Crippen LogP) is 1.65. The zero-order chi connectivity index (χ0) is 12.4. The van der Waals surface area contributed by atoms with Crippen LogP contribution in [0.1, 0.15) is 35.4 Å². The first-order chi connectivity index (χ1) is 8.85. The molecular formula is C13H15N3O2. The third kappa shape index (κ3) is 2.26. The van der Waals surface area contributed by atoms with Crippen LogP contribution in [0.2, 0.25) is 0 Å². The molecule has 0 radical (unpaired) electrons. The number of rotatable bonds is 3. The molecule has 1 aliphatic heterocycles. The van der Waals surface area contributed by atoms with E-state index in [4.69, 9.17) is 4.74 Å². The quantitative estimate of drug-likeness (QED) is 0.771. The Hall–Kier alpha value is -1.75. The first-order valence-corrected chi connectivity index (χ1v) is 6.27. The van der Waals surface area contributed by atoms with Crippen molar-refractivity contribution in [1.82, 2.24) is 14.6 Å². The lowest BCUT2D eigenvalue weighted by atomic mass is 10.1. The predicted molar refractivity (Wildman–Crippen MR) is 65.7 cm³/mol. The van der Waals surface area contributed by atoms with Crippen molar-refractivity contribution in [3.63, 3.8) is 0 Å². The Balaban J connectivity index is 1.81. The van der Waals surface area contributed by atoms with Crippen molar-refractivity contribution < 1.29 is 9.53 Å². The lowest BCUT2D eigenvalue weighted by Crippen LogP contribution is -2.21. The number of hydrogen-bond donors (Lipinski definition) is 0. The highest BCUT2D eigenvalue weighted by Crippen LogP contribution is 2.16. The van der Waals surface area contributed by atoms with E-state index in [-0.39, 0.29) is 6.10 Å². The Morgan fingerprint density at radius 2 is 2.44 bits per heavy atom. The van der Waals surface area contributed by atoms with Gasteiger partial charge in [0.1, 0.15) is 6.29 Å². The van der Waals surface area contributed by atoms with Crippen molar-refractivity contribution in [1.29, 1.82) is 0 Å². The molecule has 5 nitrogen and oxygen atoms in total. The van der Waals surface area contributed by atoms with Crippen molar-refractivity contribution in [3.05, 3.63) is 29.7 Å². The van der Waals surface area contributed by atoms with Gasteiger partial charge in [0.25, 0.3) is 0 Å². The maximum absolute atomic E-state index is 10.7. The van der Waals surface area contributed by atoms with Crippen molar-refractivity contribution in [2.75, 3.05) is 6.61 Å². The summed E-state index contributed by atoms with van der Waals surface area (Å²) in [4.78, 5) is 15.1. The number of carbonyl (C=O) groups excluding carboxylic acids is 1. The molecule has 1 saturated heterocycles. The number of ether oxygens (including phenoxy) is 1. The van der Waals surface area contributed by atoms with Crippen LogP contribution < -0.4 is 0 Å². The second kappa shape index (κ2) is 4.86. The fourth-order valence-corrected chi connectivity index (χ4v) is 2.28. The summed E-state index contributed by atoms with van der Waals surface area (Å²) in [5, 5.41) is 4.39. The maximum atomic E-state index is 10.7. The largest absolute Gasteiger partial charge is 0.378 e. The molecule has 0 N–H and O–H groups in total. The molecule has 0 aromatic carbocycles. The molecule has 3 heterocycles. The number of carbonyl (C=O) groups is 1. The average Bonchev–Trinajstić information content (AvgIpc) is 2.80. The number of fused-ring (bicyclic) bond motifs is 1. The smallest absolute Gasteiger partial charge is 0.156 e. The van der Waals surface area contributed by atoms with E-state index in [1.54, 1.807) is 22.8 Å². The summed E-state index contributed by atoms with van der Waals surface area (Å²) in [6.45, 7) is 0.841. The number of nitrogens with zero attached hydrogens (tertiary/aromatic N) is 3. The zero-order valence-corrected chi connectivity index (χ0v) is 10.1. The SMILES string of the molecule is O=Cc1ccn2nc(CC3CCCCO3)nc2c1. The first-order valence-electron chi connectivity index (χ1n) is 6.27. The maximum Gasteiger partial charge on any atom is 0.156 e. The van der Waals surface area contributed by atoms with Gasteiger partial charge in [0.05, 0.1) is 6.10 Å². The van der Waals surface area contributed by atoms with Crippen LogP contribution in [0.5, 0.6) is 0 Å². The van der Waals surface area contributed by atoms with E-state index >= 15 is 0 Å². The third-order valence-electron chi connectivity index (χ3n) is 3.23. The van der Waals surface area contributed by atoms with E-state index in [9.17, 15) is 4.79 Å². The monoisotopic (exact) mass is 245 g/mol. The van der Waals surface area contributed by atoms with Crippen LogP contribution in [0.25, 0.3) is 5.65 Å². The Labute approximate surface area is 105 Å². The van der Waals surface area contributed by atoms with Gasteiger partial charge < -0.3 is 4.74 Å². The van der Waals surface area contributed by atoms with Crippen LogP contribution in [0.4, 0.5) is 0 Å². The first kappa shape index (κ1) is 11.3. The molecule has 2 aromatic rings. The standard InChI is InChI=1S/C13H15N3O2/c17-9-10-4-5-16-13(7-10)14-12(15-16)8-11-3-1-2-6-18-11/h4-5,7,9,11H,1-3,6,8H2. The molecule has 18 heavy (non-hydrogen) atoms. The molecule has 1 atom stereocenters. The normalized spacial score (nSPS) is 20.1. The van der Waals surface area contributed by atoms with Crippen molar-refractivity contribution in [2.24, 2.45) is 0 Å². The third-order valence-corrected chi connectivity index (χ3v) is 3.23. The minimum absolute atomic E-state index is 0.238. The fraction of sp³-hybridized carbons (Fsp3) is 0.462. The number of hydrogen-bond acceptors (Lipinski definition) is 4. The van der Waals surface area contributed by atoms with Crippen molar-refractivity contribution >= 4 is 11.9 Å². The summed E-state index contributed by atoms with van der Waals surface area (Å²) in [6.07, 6.45) is 7.01.